The summed E-state index contributed by atoms with van der Waals surface area (Å²) in [5.74, 6) is -1.12. The van der Waals surface area contributed by atoms with E-state index in [-0.39, 0.29) is 11.5 Å². The predicted molar refractivity (Wildman–Crippen MR) is 75.9 cm³/mol. The van der Waals surface area contributed by atoms with E-state index in [1.807, 2.05) is 20.8 Å². The Morgan fingerprint density at radius 1 is 1.19 bits per heavy atom. The minimum absolute atomic E-state index is 0.0563. The zero-order valence-electron chi connectivity index (χ0n) is 12.9. The maximum atomic E-state index is 11.7. The van der Waals surface area contributed by atoms with E-state index in [4.69, 9.17) is 9.84 Å². The van der Waals surface area contributed by atoms with Crippen LogP contribution in [0.25, 0.3) is 0 Å². The summed E-state index contributed by atoms with van der Waals surface area (Å²) in [7, 11) is 0. The molecule has 0 bridgehead atoms. The number of ether oxygens (including phenoxy) is 1. The van der Waals surface area contributed by atoms with Crippen LogP contribution in [0.15, 0.2) is 0 Å². The van der Waals surface area contributed by atoms with Crippen molar-refractivity contribution in [3.63, 3.8) is 0 Å². The maximum absolute atomic E-state index is 11.7. The number of rotatable bonds is 2. The Hall–Kier alpha value is -1.30. The zero-order chi connectivity index (χ0) is 15.9. The summed E-state index contributed by atoms with van der Waals surface area (Å²) >= 11 is 0. The zero-order valence-corrected chi connectivity index (χ0v) is 12.9. The molecule has 0 unspecified atom stereocenters. The monoisotopic (exact) mass is 299 g/mol. The first-order valence-corrected chi connectivity index (χ1v) is 7.49. The van der Waals surface area contributed by atoms with Crippen molar-refractivity contribution in [3.05, 3.63) is 0 Å². The lowest BCUT2D eigenvalue weighted by Gasteiger charge is -2.54. The molecule has 0 aromatic heterocycles. The molecule has 0 radical (unpaired) electrons. The molecule has 0 saturated heterocycles. The molecule has 2 aliphatic rings. The van der Waals surface area contributed by atoms with E-state index in [0.717, 1.165) is 25.7 Å². The summed E-state index contributed by atoms with van der Waals surface area (Å²) in [6.07, 6.45) is 3.53. The number of carbonyl (C=O) groups is 2. The van der Waals surface area contributed by atoms with Crippen molar-refractivity contribution < 1.29 is 24.5 Å². The first-order valence-electron chi connectivity index (χ1n) is 7.49. The van der Waals surface area contributed by atoms with Crippen LogP contribution >= 0.6 is 0 Å². The predicted octanol–water partition coefficient (Wildman–Crippen LogP) is 2.05. The number of alkyl carbamates (subject to hydrolysis) is 1. The molecule has 0 aromatic carbocycles. The van der Waals surface area contributed by atoms with Gasteiger partial charge in [0.15, 0.2) is 5.60 Å². The van der Waals surface area contributed by atoms with E-state index >= 15 is 0 Å². The second kappa shape index (κ2) is 5.16. The molecule has 6 nitrogen and oxygen atoms in total. The van der Waals surface area contributed by atoms with Crippen molar-refractivity contribution in [2.24, 2.45) is 5.41 Å². The Labute approximate surface area is 124 Å². The van der Waals surface area contributed by atoms with Gasteiger partial charge in [0, 0.05) is 6.04 Å². The Bertz CT molecular complexity index is 424. The number of hydrogen-bond acceptors (Lipinski definition) is 4. The third kappa shape index (κ3) is 3.67. The Balaban J connectivity index is 1.77. The minimum atomic E-state index is -1.54. The lowest BCUT2D eigenvalue weighted by molar-refractivity contribution is -0.191. The van der Waals surface area contributed by atoms with Gasteiger partial charge in [-0.25, -0.2) is 9.59 Å². The third-order valence-corrected chi connectivity index (χ3v) is 4.50. The van der Waals surface area contributed by atoms with Gasteiger partial charge < -0.3 is 20.3 Å². The van der Waals surface area contributed by atoms with E-state index in [0.29, 0.717) is 12.8 Å². The van der Waals surface area contributed by atoms with Gasteiger partial charge in [0.1, 0.15) is 5.60 Å². The highest BCUT2D eigenvalue weighted by molar-refractivity contribution is 5.78. The first-order chi connectivity index (χ1) is 9.54. The molecule has 3 N–H and O–H groups in total. The van der Waals surface area contributed by atoms with Crippen LogP contribution in [0.3, 0.4) is 0 Å². The number of aliphatic carboxylic acids is 1. The smallest absolute Gasteiger partial charge is 0.407 e. The van der Waals surface area contributed by atoms with Gasteiger partial charge in [0.05, 0.1) is 0 Å². The van der Waals surface area contributed by atoms with Crippen LogP contribution < -0.4 is 5.32 Å². The molecule has 6 heteroatoms. The minimum Gasteiger partial charge on any atom is -0.479 e. The van der Waals surface area contributed by atoms with Crippen LogP contribution in [-0.4, -0.2) is 39.5 Å². The molecule has 21 heavy (non-hydrogen) atoms. The second-order valence-corrected chi connectivity index (χ2v) is 7.61. The van der Waals surface area contributed by atoms with Crippen LogP contribution in [0.5, 0.6) is 0 Å². The molecule has 0 atom stereocenters. The number of amides is 1. The Kier molecular flexibility index (Phi) is 3.95. The molecule has 2 fully saturated rings. The van der Waals surface area contributed by atoms with Gasteiger partial charge >= 0.3 is 12.1 Å². The van der Waals surface area contributed by atoms with Gasteiger partial charge in [0.25, 0.3) is 0 Å². The Morgan fingerprint density at radius 2 is 1.71 bits per heavy atom. The number of carboxylic acids is 1. The highest BCUT2D eigenvalue weighted by Crippen LogP contribution is 2.56. The summed E-state index contributed by atoms with van der Waals surface area (Å²) in [5.41, 5.74) is -2.10. The topological polar surface area (TPSA) is 95.9 Å². The average Bonchev–Trinajstić information content (AvgIpc) is 2.27. The van der Waals surface area contributed by atoms with E-state index in [9.17, 15) is 14.7 Å². The van der Waals surface area contributed by atoms with E-state index in [1.54, 1.807) is 0 Å². The highest BCUT2D eigenvalue weighted by atomic mass is 16.6. The molecule has 1 spiro atoms. The number of nitrogens with one attached hydrogen (secondary N) is 1. The molecule has 120 valence electrons. The molecule has 2 aliphatic carbocycles. The number of carbonyl (C=O) groups excluding carboxylic acids is 1. The normalized spacial score (nSPS) is 35.9. The van der Waals surface area contributed by atoms with Crippen molar-refractivity contribution in [3.8, 4) is 0 Å². The molecule has 2 rings (SSSR count). The summed E-state index contributed by atoms with van der Waals surface area (Å²) in [6.45, 7) is 5.47. The SMILES string of the molecule is CC(C)(C)OC(=O)NC1CCC2(CC1)CC(O)(C(=O)O)C2. The van der Waals surface area contributed by atoms with Crippen LogP contribution in [-0.2, 0) is 9.53 Å². The van der Waals surface area contributed by atoms with Crippen molar-refractivity contribution in [2.75, 3.05) is 0 Å². The van der Waals surface area contributed by atoms with Crippen LogP contribution in [0.4, 0.5) is 4.79 Å². The molecular formula is C15H25NO5. The summed E-state index contributed by atoms with van der Waals surface area (Å²) < 4.78 is 5.23. The number of hydrogen-bond donors (Lipinski definition) is 3. The standard InChI is InChI=1S/C15H25NO5/c1-13(2,3)21-12(19)16-10-4-6-14(7-5-10)8-15(20,9-14)11(17)18/h10,20H,4-9H2,1-3H3,(H,16,19)(H,17,18). The Morgan fingerprint density at radius 3 is 2.14 bits per heavy atom. The second-order valence-electron chi connectivity index (χ2n) is 7.61. The average molecular weight is 299 g/mol. The fraction of sp³-hybridized carbons (Fsp3) is 0.867. The van der Waals surface area contributed by atoms with E-state index in [2.05, 4.69) is 5.32 Å². The highest BCUT2D eigenvalue weighted by Gasteiger charge is 2.58. The van der Waals surface area contributed by atoms with Crippen molar-refractivity contribution in [1.29, 1.82) is 0 Å². The van der Waals surface area contributed by atoms with Gasteiger partial charge in [-0.05, 0) is 64.7 Å². The number of aliphatic hydroxyl groups is 1. The fourth-order valence-corrected chi connectivity index (χ4v) is 3.54. The van der Waals surface area contributed by atoms with Crippen LogP contribution in [0.1, 0.15) is 59.3 Å². The van der Waals surface area contributed by atoms with Gasteiger partial charge in [-0.2, -0.15) is 0 Å². The van der Waals surface area contributed by atoms with Crippen molar-refractivity contribution >= 4 is 12.1 Å². The van der Waals surface area contributed by atoms with E-state index < -0.39 is 23.3 Å². The molecule has 0 aliphatic heterocycles. The van der Waals surface area contributed by atoms with Crippen LogP contribution in [0.2, 0.25) is 0 Å². The van der Waals surface area contributed by atoms with Gasteiger partial charge in [-0.15, -0.1) is 0 Å². The molecule has 0 aromatic rings. The first kappa shape index (κ1) is 16.1. The van der Waals surface area contributed by atoms with E-state index in [1.165, 1.54) is 0 Å². The molecule has 0 heterocycles. The van der Waals surface area contributed by atoms with Gasteiger partial charge in [-0.1, -0.05) is 0 Å². The molecular weight excluding hydrogens is 274 g/mol. The summed E-state index contributed by atoms with van der Waals surface area (Å²) in [6, 6.07) is 0.0731. The molecule has 1 amide bonds. The lowest BCUT2D eigenvalue weighted by Crippen LogP contribution is -2.58. The maximum Gasteiger partial charge on any atom is 0.407 e. The van der Waals surface area contributed by atoms with Gasteiger partial charge in [-0.3, -0.25) is 0 Å². The van der Waals surface area contributed by atoms with Crippen LogP contribution in [0, 0.1) is 5.41 Å². The van der Waals surface area contributed by atoms with Gasteiger partial charge in [0.2, 0.25) is 0 Å². The molecule has 2 saturated carbocycles. The lowest BCUT2D eigenvalue weighted by atomic mass is 9.53. The summed E-state index contributed by atoms with van der Waals surface area (Å²) in [5, 5.41) is 21.7. The summed E-state index contributed by atoms with van der Waals surface area (Å²) in [4.78, 5) is 22.7. The van der Waals surface area contributed by atoms with Crippen molar-refractivity contribution in [2.45, 2.75) is 76.5 Å². The largest absolute Gasteiger partial charge is 0.479 e. The third-order valence-electron chi connectivity index (χ3n) is 4.50. The fourth-order valence-electron chi connectivity index (χ4n) is 3.54. The van der Waals surface area contributed by atoms with Crippen molar-refractivity contribution in [1.82, 2.24) is 5.32 Å². The quantitative estimate of drug-likeness (QED) is 0.725. The number of carboxylic acid groups (broad SMARTS) is 1.